The summed E-state index contributed by atoms with van der Waals surface area (Å²) >= 11 is 0. The average Bonchev–Trinajstić information content (AvgIpc) is 3.33. The Morgan fingerprint density at radius 3 is 2.31 bits per heavy atom. The van der Waals surface area contributed by atoms with Gasteiger partial charge in [0, 0.05) is 25.9 Å². The van der Waals surface area contributed by atoms with Crippen LogP contribution in [0.5, 0.6) is 0 Å². The van der Waals surface area contributed by atoms with Crippen molar-refractivity contribution >= 4 is 23.7 Å². The number of benzene rings is 1. The number of carbonyl (C=O) groups is 4. The fourth-order valence-corrected chi connectivity index (χ4v) is 5.30. The average molecular weight is 500 g/mol. The van der Waals surface area contributed by atoms with Crippen LogP contribution in [0.4, 0.5) is 9.59 Å². The first-order valence-corrected chi connectivity index (χ1v) is 12.8. The van der Waals surface area contributed by atoms with Crippen LogP contribution in [-0.4, -0.2) is 75.4 Å². The fraction of sp³-hybridized carbons (Fsp3) is 0.630. The van der Waals surface area contributed by atoms with Gasteiger partial charge in [0.25, 0.3) is 0 Å². The molecular weight excluding hydrogens is 462 g/mol. The molecule has 3 amide bonds. The first kappa shape index (κ1) is 26.1. The van der Waals surface area contributed by atoms with Gasteiger partial charge in [-0.15, -0.1) is 0 Å². The molecule has 3 saturated heterocycles. The number of likely N-dealkylation sites (tertiary alicyclic amines) is 1. The second-order valence-corrected chi connectivity index (χ2v) is 11.2. The van der Waals surface area contributed by atoms with Gasteiger partial charge in [-0.05, 0) is 51.5 Å². The van der Waals surface area contributed by atoms with Crippen molar-refractivity contribution in [2.75, 3.05) is 13.1 Å². The van der Waals surface area contributed by atoms with Crippen LogP contribution < -0.4 is 0 Å². The maximum Gasteiger partial charge on any atom is 0.410 e. The van der Waals surface area contributed by atoms with Crippen molar-refractivity contribution in [3.8, 4) is 0 Å². The molecule has 1 aromatic rings. The number of rotatable bonds is 8. The Kier molecular flexibility index (Phi) is 7.68. The summed E-state index contributed by atoms with van der Waals surface area (Å²) < 4.78 is 5.48. The van der Waals surface area contributed by atoms with Gasteiger partial charge in [-0.2, -0.15) is 5.06 Å². The van der Waals surface area contributed by atoms with Crippen LogP contribution in [0.2, 0.25) is 0 Å². The van der Waals surface area contributed by atoms with Gasteiger partial charge in [0.15, 0.2) is 11.6 Å². The van der Waals surface area contributed by atoms with Crippen molar-refractivity contribution in [3.63, 3.8) is 0 Å². The highest BCUT2D eigenvalue weighted by atomic mass is 16.7. The fourth-order valence-electron chi connectivity index (χ4n) is 5.30. The number of nitrogens with zero attached hydrogens (tertiary/aromatic N) is 3. The molecule has 2 bridgehead atoms. The first-order valence-electron chi connectivity index (χ1n) is 12.8. The zero-order chi connectivity index (χ0) is 26.0. The lowest BCUT2D eigenvalue weighted by atomic mass is 9.93. The number of carbonyl (C=O) groups excluding carboxylic acids is 4. The highest BCUT2D eigenvalue weighted by Gasteiger charge is 2.48. The van der Waals surface area contributed by atoms with E-state index in [1.54, 1.807) is 25.7 Å². The van der Waals surface area contributed by atoms with Gasteiger partial charge in [0.2, 0.25) is 0 Å². The Labute approximate surface area is 212 Å². The van der Waals surface area contributed by atoms with E-state index >= 15 is 0 Å². The van der Waals surface area contributed by atoms with E-state index in [1.807, 2.05) is 37.3 Å². The lowest BCUT2D eigenvalue weighted by molar-refractivity contribution is -0.140. The zero-order valence-electron chi connectivity index (χ0n) is 21.6. The third kappa shape index (κ3) is 5.88. The van der Waals surface area contributed by atoms with Crippen molar-refractivity contribution in [2.24, 2.45) is 5.92 Å². The van der Waals surface area contributed by atoms with Gasteiger partial charge in [-0.25, -0.2) is 9.59 Å². The highest BCUT2D eigenvalue weighted by Crippen LogP contribution is 2.32. The van der Waals surface area contributed by atoms with E-state index in [0.717, 1.165) is 5.56 Å². The molecule has 0 unspecified atom stereocenters. The molecule has 0 aliphatic carbocycles. The quantitative estimate of drug-likeness (QED) is 0.537. The maximum absolute atomic E-state index is 13.1. The number of piperidine rings is 1. The van der Waals surface area contributed by atoms with Gasteiger partial charge in [0.05, 0.1) is 18.1 Å². The molecule has 36 heavy (non-hydrogen) atoms. The molecule has 3 aliphatic rings. The summed E-state index contributed by atoms with van der Waals surface area (Å²) in [5.41, 5.74) is 0.321. The number of ether oxygens (including phenoxy) is 1. The normalized spacial score (nSPS) is 25.9. The Balaban J connectivity index is 1.31. The molecule has 4 atom stereocenters. The van der Waals surface area contributed by atoms with Gasteiger partial charge in [-0.3, -0.25) is 19.3 Å². The van der Waals surface area contributed by atoms with Crippen LogP contribution in [0, 0.1) is 5.92 Å². The standard InChI is InChI=1S/C27H37N3O6/c1-18-14-22(29(15-18)26(34)36-27(2,3)4)24(32)13-12-23(31)21-11-10-20-16-28(21)25(33)30(20)35-17-19-8-6-5-7-9-19/h5-9,18,20-22H,10-17H2,1-4H3/t18-,20+,21-,22+/m0/s1. The van der Waals surface area contributed by atoms with Crippen LogP contribution in [0.25, 0.3) is 0 Å². The minimum absolute atomic E-state index is 0.0473. The number of urea groups is 1. The highest BCUT2D eigenvalue weighted by molar-refractivity contribution is 5.94. The lowest BCUT2D eigenvalue weighted by Gasteiger charge is -2.30. The Bertz CT molecular complexity index is 991. The second kappa shape index (κ2) is 10.6. The maximum atomic E-state index is 13.1. The topological polar surface area (TPSA) is 96.5 Å². The van der Waals surface area contributed by atoms with Gasteiger partial charge in [-0.1, -0.05) is 37.3 Å². The molecule has 3 heterocycles. The predicted octanol–water partition coefficient (Wildman–Crippen LogP) is 3.95. The van der Waals surface area contributed by atoms with Crippen LogP contribution in [-0.2, 0) is 25.8 Å². The third-order valence-corrected chi connectivity index (χ3v) is 7.04. The van der Waals surface area contributed by atoms with Crippen molar-refractivity contribution in [1.29, 1.82) is 0 Å². The Morgan fingerprint density at radius 2 is 1.64 bits per heavy atom. The number of amides is 3. The number of hydroxylamine groups is 2. The number of hydrogen-bond acceptors (Lipinski definition) is 6. The molecule has 9 heteroatoms. The molecule has 0 spiro atoms. The molecular formula is C27H37N3O6. The van der Waals surface area contributed by atoms with Crippen LogP contribution in [0.3, 0.4) is 0 Å². The van der Waals surface area contributed by atoms with Crippen molar-refractivity contribution < 1.29 is 28.8 Å². The van der Waals surface area contributed by atoms with Crippen molar-refractivity contribution in [3.05, 3.63) is 35.9 Å². The summed E-state index contributed by atoms with van der Waals surface area (Å²) in [5.74, 6) is -0.0655. The van der Waals surface area contributed by atoms with Crippen molar-refractivity contribution in [2.45, 2.75) is 90.1 Å². The Morgan fingerprint density at radius 1 is 0.972 bits per heavy atom. The summed E-state index contributed by atoms with van der Waals surface area (Å²) in [6, 6.07) is 8.14. The lowest BCUT2D eigenvalue weighted by Crippen LogP contribution is -2.46. The summed E-state index contributed by atoms with van der Waals surface area (Å²) in [6.07, 6.45) is 1.40. The van der Waals surface area contributed by atoms with E-state index < -0.39 is 23.8 Å². The molecule has 3 aliphatic heterocycles. The summed E-state index contributed by atoms with van der Waals surface area (Å²) in [5, 5.41) is 1.41. The van der Waals surface area contributed by atoms with E-state index in [4.69, 9.17) is 9.57 Å². The van der Waals surface area contributed by atoms with E-state index in [1.165, 1.54) is 9.96 Å². The van der Waals surface area contributed by atoms with Crippen molar-refractivity contribution in [1.82, 2.24) is 14.9 Å². The first-order chi connectivity index (χ1) is 17.0. The summed E-state index contributed by atoms with van der Waals surface area (Å²) in [4.78, 5) is 60.6. The molecule has 4 rings (SSSR count). The number of fused-ring (bicyclic) bond motifs is 2. The molecule has 9 nitrogen and oxygen atoms in total. The van der Waals surface area contributed by atoms with E-state index in [9.17, 15) is 19.2 Å². The molecule has 0 aromatic heterocycles. The second-order valence-electron chi connectivity index (χ2n) is 11.2. The monoisotopic (exact) mass is 499 g/mol. The number of Topliss-reactive ketones (excluding diaryl/α,β-unsaturated/α-hetero) is 2. The molecule has 0 radical (unpaired) electrons. The minimum Gasteiger partial charge on any atom is -0.444 e. The third-order valence-electron chi connectivity index (χ3n) is 7.04. The van der Waals surface area contributed by atoms with Crippen LogP contribution >= 0.6 is 0 Å². The molecule has 0 saturated carbocycles. The smallest absolute Gasteiger partial charge is 0.410 e. The number of hydrogen-bond donors (Lipinski definition) is 0. The predicted molar refractivity (Wildman–Crippen MR) is 132 cm³/mol. The van der Waals surface area contributed by atoms with E-state index in [2.05, 4.69) is 0 Å². The van der Waals surface area contributed by atoms with Crippen LogP contribution in [0.15, 0.2) is 30.3 Å². The van der Waals surface area contributed by atoms with E-state index in [0.29, 0.717) is 32.4 Å². The summed E-state index contributed by atoms with van der Waals surface area (Å²) in [7, 11) is 0. The molecule has 196 valence electrons. The van der Waals surface area contributed by atoms with Gasteiger partial charge < -0.3 is 9.64 Å². The zero-order valence-corrected chi connectivity index (χ0v) is 21.6. The molecule has 1 aromatic carbocycles. The Hall–Kier alpha value is -2.94. The molecule has 3 fully saturated rings. The number of ketones is 2. The summed E-state index contributed by atoms with van der Waals surface area (Å²) in [6.45, 7) is 8.58. The SMILES string of the molecule is C[C@H]1C[C@H](C(=O)CCC(=O)[C@@H]2CC[C@@H]3CN2C(=O)N3OCc2ccccc2)N(C(=O)OC(C)(C)C)C1. The molecule has 0 N–H and O–H groups in total. The minimum atomic E-state index is -0.647. The van der Waals surface area contributed by atoms with Crippen LogP contribution in [0.1, 0.15) is 65.4 Å². The van der Waals surface area contributed by atoms with Gasteiger partial charge >= 0.3 is 12.1 Å². The van der Waals surface area contributed by atoms with E-state index in [-0.39, 0.29) is 49.0 Å². The van der Waals surface area contributed by atoms with Gasteiger partial charge in [0.1, 0.15) is 12.2 Å². The largest absolute Gasteiger partial charge is 0.444 e.